The second-order valence-electron chi connectivity index (χ2n) is 4.85. The Kier molecular flexibility index (Phi) is 2.52. The van der Waals surface area contributed by atoms with Crippen LogP contribution >= 0.6 is 0 Å². The van der Waals surface area contributed by atoms with Crippen LogP contribution in [-0.4, -0.2) is 21.1 Å². The number of benzene rings is 1. The number of aromatic nitrogens is 3. The van der Waals surface area contributed by atoms with Crippen molar-refractivity contribution < 1.29 is 4.79 Å². The van der Waals surface area contributed by atoms with E-state index >= 15 is 0 Å². The molecule has 0 aliphatic heterocycles. The second-order valence-corrected chi connectivity index (χ2v) is 4.85. The Bertz CT molecular complexity index is 780. The van der Waals surface area contributed by atoms with E-state index < -0.39 is 0 Å². The summed E-state index contributed by atoms with van der Waals surface area (Å²) < 4.78 is 1.67. The molecule has 0 atom stereocenters. The van der Waals surface area contributed by atoms with Crippen molar-refractivity contribution in [2.45, 2.75) is 13.8 Å². The van der Waals surface area contributed by atoms with E-state index in [1.807, 2.05) is 20.0 Å². The van der Waals surface area contributed by atoms with Crippen LogP contribution in [0.15, 0.2) is 24.4 Å². The molecule has 1 aromatic carbocycles. The normalized spacial score (nSPS) is 11.1. The number of aldehydes is 1. The van der Waals surface area contributed by atoms with E-state index in [-0.39, 0.29) is 0 Å². The van der Waals surface area contributed by atoms with Crippen molar-refractivity contribution in [3.8, 4) is 11.3 Å². The number of rotatable bonds is 2. The standard InChI is InChI=1S/C15H15N3O/c1-9-5-4-6-12-13(10(2)16-14(9)12)15-11(8-19)7-18(3)17-15/h4-8,16H,1-3H3. The lowest BCUT2D eigenvalue weighted by Crippen LogP contribution is -1.89. The molecule has 0 fully saturated rings. The summed E-state index contributed by atoms with van der Waals surface area (Å²) >= 11 is 0. The summed E-state index contributed by atoms with van der Waals surface area (Å²) in [4.78, 5) is 14.6. The van der Waals surface area contributed by atoms with Gasteiger partial charge in [-0.1, -0.05) is 18.2 Å². The van der Waals surface area contributed by atoms with Crippen LogP contribution in [0, 0.1) is 13.8 Å². The third kappa shape index (κ3) is 1.68. The van der Waals surface area contributed by atoms with Gasteiger partial charge in [0.05, 0.1) is 5.56 Å². The first-order chi connectivity index (χ1) is 9.11. The van der Waals surface area contributed by atoms with Crippen molar-refractivity contribution in [3.63, 3.8) is 0 Å². The molecule has 96 valence electrons. The number of aryl methyl sites for hydroxylation is 3. The van der Waals surface area contributed by atoms with Gasteiger partial charge >= 0.3 is 0 Å². The molecule has 0 aliphatic rings. The van der Waals surface area contributed by atoms with E-state index in [9.17, 15) is 4.79 Å². The Hall–Kier alpha value is -2.36. The highest BCUT2D eigenvalue weighted by Crippen LogP contribution is 2.33. The van der Waals surface area contributed by atoms with Gasteiger partial charge in [-0.05, 0) is 19.4 Å². The fourth-order valence-corrected chi connectivity index (χ4v) is 2.59. The minimum absolute atomic E-state index is 0.619. The predicted molar refractivity (Wildman–Crippen MR) is 75.4 cm³/mol. The molecule has 0 unspecified atom stereocenters. The van der Waals surface area contributed by atoms with Crippen LogP contribution in [0.4, 0.5) is 0 Å². The molecule has 19 heavy (non-hydrogen) atoms. The summed E-state index contributed by atoms with van der Waals surface area (Å²) in [5.41, 5.74) is 5.71. The van der Waals surface area contributed by atoms with E-state index in [4.69, 9.17) is 0 Å². The Balaban J connectivity index is 2.39. The molecule has 3 rings (SSSR count). The molecule has 0 radical (unpaired) electrons. The van der Waals surface area contributed by atoms with Gasteiger partial charge in [0.1, 0.15) is 5.69 Å². The number of carbonyl (C=O) groups is 1. The monoisotopic (exact) mass is 253 g/mol. The molecule has 0 bridgehead atoms. The maximum Gasteiger partial charge on any atom is 0.153 e. The van der Waals surface area contributed by atoms with Crippen molar-refractivity contribution in [3.05, 3.63) is 41.2 Å². The molecule has 0 saturated carbocycles. The third-order valence-corrected chi connectivity index (χ3v) is 3.45. The number of nitrogens with zero attached hydrogens (tertiary/aromatic N) is 2. The number of aromatic amines is 1. The summed E-state index contributed by atoms with van der Waals surface area (Å²) in [5.74, 6) is 0. The van der Waals surface area contributed by atoms with Gasteiger partial charge in [-0.3, -0.25) is 9.48 Å². The first-order valence-corrected chi connectivity index (χ1v) is 6.19. The molecule has 0 amide bonds. The number of hydrogen-bond donors (Lipinski definition) is 1. The summed E-state index contributed by atoms with van der Waals surface area (Å²) in [7, 11) is 1.83. The summed E-state index contributed by atoms with van der Waals surface area (Å²) in [5, 5.41) is 5.54. The summed E-state index contributed by atoms with van der Waals surface area (Å²) in [6.45, 7) is 4.08. The predicted octanol–water partition coefficient (Wildman–Crippen LogP) is 3.00. The molecule has 0 saturated heterocycles. The number of hydrogen-bond acceptors (Lipinski definition) is 2. The molecule has 1 N–H and O–H groups in total. The summed E-state index contributed by atoms with van der Waals surface area (Å²) in [6.07, 6.45) is 2.60. The molecular weight excluding hydrogens is 238 g/mol. The van der Waals surface area contributed by atoms with Crippen LogP contribution < -0.4 is 0 Å². The van der Waals surface area contributed by atoms with Gasteiger partial charge < -0.3 is 4.98 Å². The lowest BCUT2D eigenvalue weighted by Gasteiger charge is -1.99. The smallest absolute Gasteiger partial charge is 0.153 e. The first-order valence-electron chi connectivity index (χ1n) is 6.19. The van der Waals surface area contributed by atoms with Crippen LogP contribution in [-0.2, 0) is 7.05 Å². The van der Waals surface area contributed by atoms with Gasteiger partial charge in [0.15, 0.2) is 6.29 Å². The summed E-state index contributed by atoms with van der Waals surface area (Å²) in [6, 6.07) is 6.16. The van der Waals surface area contributed by atoms with Gasteiger partial charge in [-0.2, -0.15) is 5.10 Å². The van der Waals surface area contributed by atoms with Crippen molar-refractivity contribution in [2.24, 2.45) is 7.05 Å². The third-order valence-electron chi connectivity index (χ3n) is 3.45. The van der Waals surface area contributed by atoms with Crippen molar-refractivity contribution >= 4 is 17.2 Å². The molecule has 2 heterocycles. The maximum absolute atomic E-state index is 11.2. The molecular formula is C15H15N3O. The van der Waals surface area contributed by atoms with E-state index in [1.54, 1.807) is 10.9 Å². The lowest BCUT2D eigenvalue weighted by atomic mass is 10.0. The van der Waals surface area contributed by atoms with E-state index in [0.29, 0.717) is 5.56 Å². The van der Waals surface area contributed by atoms with E-state index in [2.05, 4.69) is 29.1 Å². The zero-order valence-electron chi connectivity index (χ0n) is 11.2. The Morgan fingerprint density at radius 2 is 2.11 bits per heavy atom. The molecule has 0 aliphatic carbocycles. The highest BCUT2D eigenvalue weighted by Gasteiger charge is 2.17. The van der Waals surface area contributed by atoms with Crippen LogP contribution in [0.3, 0.4) is 0 Å². The van der Waals surface area contributed by atoms with Crippen LogP contribution in [0.25, 0.3) is 22.2 Å². The minimum Gasteiger partial charge on any atom is -0.358 e. The number of H-pyrrole nitrogens is 1. The zero-order chi connectivity index (χ0) is 13.6. The van der Waals surface area contributed by atoms with Crippen LogP contribution in [0.1, 0.15) is 21.6 Å². The van der Waals surface area contributed by atoms with E-state index in [0.717, 1.165) is 34.1 Å². The molecule has 4 nitrogen and oxygen atoms in total. The van der Waals surface area contributed by atoms with Crippen molar-refractivity contribution in [2.75, 3.05) is 0 Å². The first kappa shape index (κ1) is 11.7. The highest BCUT2D eigenvalue weighted by molar-refractivity contribution is 6.01. The largest absolute Gasteiger partial charge is 0.358 e. The van der Waals surface area contributed by atoms with E-state index in [1.165, 1.54) is 5.56 Å². The molecule has 2 aromatic heterocycles. The number of fused-ring (bicyclic) bond motifs is 1. The molecule has 3 aromatic rings. The molecule has 4 heteroatoms. The van der Waals surface area contributed by atoms with Gasteiger partial charge in [-0.15, -0.1) is 0 Å². The van der Waals surface area contributed by atoms with Gasteiger partial charge in [0.25, 0.3) is 0 Å². The Labute approximate surface area is 111 Å². The quantitative estimate of drug-likeness (QED) is 0.714. The van der Waals surface area contributed by atoms with Gasteiger partial charge in [-0.25, -0.2) is 0 Å². The molecule has 0 spiro atoms. The zero-order valence-corrected chi connectivity index (χ0v) is 11.2. The second kappa shape index (κ2) is 4.09. The highest BCUT2D eigenvalue weighted by atomic mass is 16.1. The minimum atomic E-state index is 0.619. The Morgan fingerprint density at radius 1 is 1.32 bits per heavy atom. The average Bonchev–Trinajstić information content (AvgIpc) is 2.89. The van der Waals surface area contributed by atoms with Crippen molar-refractivity contribution in [1.29, 1.82) is 0 Å². The lowest BCUT2D eigenvalue weighted by molar-refractivity contribution is 0.112. The number of para-hydroxylation sites is 1. The van der Waals surface area contributed by atoms with Gasteiger partial charge in [0, 0.05) is 35.4 Å². The fourth-order valence-electron chi connectivity index (χ4n) is 2.59. The maximum atomic E-state index is 11.2. The topological polar surface area (TPSA) is 50.7 Å². The SMILES string of the molecule is Cc1[nH]c2c(C)cccc2c1-c1nn(C)cc1C=O. The van der Waals surface area contributed by atoms with Crippen molar-refractivity contribution in [1.82, 2.24) is 14.8 Å². The number of nitrogens with one attached hydrogen (secondary N) is 1. The fraction of sp³-hybridized carbons (Fsp3) is 0.200. The average molecular weight is 253 g/mol. The van der Waals surface area contributed by atoms with Crippen LogP contribution in [0.5, 0.6) is 0 Å². The number of carbonyl (C=O) groups excluding carboxylic acids is 1. The Morgan fingerprint density at radius 3 is 2.84 bits per heavy atom. The van der Waals surface area contributed by atoms with Gasteiger partial charge in [0.2, 0.25) is 0 Å². The van der Waals surface area contributed by atoms with Crippen LogP contribution in [0.2, 0.25) is 0 Å².